The molecule has 14 heavy (non-hydrogen) atoms. The molecule has 0 bridgehead atoms. The Balaban J connectivity index is 2.26. The number of nitrogens with zero attached hydrogens (tertiary/aromatic N) is 3. The third kappa shape index (κ3) is 3.38. The van der Waals surface area contributed by atoms with Crippen LogP contribution in [0.25, 0.3) is 0 Å². The van der Waals surface area contributed by atoms with Crippen molar-refractivity contribution in [2.45, 2.75) is 6.42 Å². The summed E-state index contributed by atoms with van der Waals surface area (Å²) in [6.07, 6.45) is 3.76. The van der Waals surface area contributed by atoms with Crippen LogP contribution in [0.2, 0.25) is 0 Å². The van der Waals surface area contributed by atoms with Crippen LogP contribution in [0.3, 0.4) is 0 Å². The number of rotatable bonds is 4. The van der Waals surface area contributed by atoms with Gasteiger partial charge >= 0.3 is 0 Å². The van der Waals surface area contributed by atoms with E-state index in [0.717, 1.165) is 0 Å². The second-order valence-electron chi connectivity index (χ2n) is 3.04. The Morgan fingerprint density at radius 1 is 1.43 bits per heavy atom. The molecule has 0 aliphatic rings. The Morgan fingerprint density at radius 2 is 2.07 bits per heavy atom. The zero-order chi connectivity index (χ0) is 10.4. The van der Waals surface area contributed by atoms with Crippen molar-refractivity contribution in [2.75, 3.05) is 26.0 Å². The third-order valence-electron chi connectivity index (χ3n) is 1.69. The molecule has 5 heteroatoms. The third-order valence-corrected chi connectivity index (χ3v) is 1.69. The molecular formula is C9H14N4O. The molecule has 0 unspecified atom stereocenters. The fraction of sp³-hybridized carbons (Fsp3) is 0.444. The lowest BCUT2D eigenvalue weighted by Crippen LogP contribution is -2.24. The highest BCUT2D eigenvalue weighted by molar-refractivity contribution is 5.75. The molecular weight excluding hydrogens is 180 g/mol. The van der Waals surface area contributed by atoms with Crippen LogP contribution in [0.5, 0.6) is 0 Å². The number of carbonyl (C=O) groups is 1. The molecule has 1 rings (SSSR count). The Hall–Kier alpha value is -1.65. The van der Waals surface area contributed by atoms with Crippen LogP contribution in [0.15, 0.2) is 18.5 Å². The summed E-state index contributed by atoms with van der Waals surface area (Å²) >= 11 is 0. The molecule has 1 N–H and O–H groups in total. The van der Waals surface area contributed by atoms with Gasteiger partial charge < -0.3 is 10.2 Å². The molecule has 0 atom stereocenters. The van der Waals surface area contributed by atoms with E-state index in [2.05, 4.69) is 15.3 Å². The highest BCUT2D eigenvalue weighted by Crippen LogP contribution is 1.94. The Morgan fingerprint density at radius 3 is 2.64 bits per heavy atom. The number of aromatic nitrogens is 2. The summed E-state index contributed by atoms with van der Waals surface area (Å²) in [6.45, 7) is 0.557. The number of carbonyl (C=O) groups excluding carboxylic acids is 1. The van der Waals surface area contributed by atoms with E-state index >= 15 is 0 Å². The molecule has 0 aliphatic heterocycles. The highest BCUT2D eigenvalue weighted by atomic mass is 16.2. The maximum Gasteiger partial charge on any atom is 0.223 e. The number of hydrogen-bond acceptors (Lipinski definition) is 4. The van der Waals surface area contributed by atoms with Crippen molar-refractivity contribution >= 4 is 11.9 Å². The molecule has 1 aromatic rings. The minimum Gasteiger partial charge on any atom is -0.354 e. The maximum absolute atomic E-state index is 11.2. The van der Waals surface area contributed by atoms with E-state index < -0.39 is 0 Å². The van der Waals surface area contributed by atoms with Gasteiger partial charge in [0.05, 0.1) is 0 Å². The zero-order valence-corrected chi connectivity index (χ0v) is 8.40. The Kier molecular flexibility index (Phi) is 3.84. The average Bonchev–Trinajstić information content (AvgIpc) is 2.19. The van der Waals surface area contributed by atoms with Crippen molar-refractivity contribution in [3.8, 4) is 0 Å². The van der Waals surface area contributed by atoms with Crippen LogP contribution in [-0.4, -0.2) is 41.4 Å². The lowest BCUT2D eigenvalue weighted by atomic mass is 10.4. The molecule has 0 saturated heterocycles. The van der Waals surface area contributed by atoms with Crippen LogP contribution in [0.1, 0.15) is 6.42 Å². The van der Waals surface area contributed by atoms with E-state index in [9.17, 15) is 4.79 Å². The number of amides is 1. The van der Waals surface area contributed by atoms with Gasteiger partial charge in [-0.15, -0.1) is 0 Å². The van der Waals surface area contributed by atoms with E-state index in [1.165, 1.54) is 0 Å². The molecule has 0 fully saturated rings. The zero-order valence-electron chi connectivity index (χ0n) is 8.40. The van der Waals surface area contributed by atoms with Gasteiger partial charge in [-0.2, -0.15) is 0 Å². The summed E-state index contributed by atoms with van der Waals surface area (Å²) in [5, 5.41) is 2.96. The van der Waals surface area contributed by atoms with Gasteiger partial charge in [0.1, 0.15) is 0 Å². The van der Waals surface area contributed by atoms with Crippen LogP contribution >= 0.6 is 0 Å². The standard InChI is InChI=1S/C9H14N4O/c1-13(2)8(14)4-7-12-9-10-5-3-6-11-9/h3,5-6H,4,7H2,1-2H3,(H,10,11,12). The first-order valence-corrected chi connectivity index (χ1v) is 4.41. The van der Waals surface area contributed by atoms with Gasteiger partial charge in [0.25, 0.3) is 0 Å². The lowest BCUT2D eigenvalue weighted by molar-refractivity contribution is -0.128. The van der Waals surface area contributed by atoms with Crippen molar-refractivity contribution in [1.29, 1.82) is 0 Å². The van der Waals surface area contributed by atoms with Gasteiger partial charge in [0.15, 0.2) is 0 Å². The molecule has 1 heterocycles. The molecule has 0 aliphatic carbocycles. The van der Waals surface area contributed by atoms with Crippen molar-refractivity contribution in [3.63, 3.8) is 0 Å². The van der Waals surface area contributed by atoms with E-state index in [4.69, 9.17) is 0 Å². The van der Waals surface area contributed by atoms with Gasteiger partial charge in [-0.3, -0.25) is 4.79 Å². The van der Waals surface area contributed by atoms with Crippen molar-refractivity contribution in [1.82, 2.24) is 14.9 Å². The quantitative estimate of drug-likeness (QED) is 0.752. The summed E-state index contributed by atoms with van der Waals surface area (Å²) in [5.74, 6) is 0.646. The predicted molar refractivity (Wildman–Crippen MR) is 53.8 cm³/mol. The summed E-state index contributed by atoms with van der Waals surface area (Å²) in [4.78, 5) is 20.7. The summed E-state index contributed by atoms with van der Waals surface area (Å²) in [6, 6.07) is 1.75. The SMILES string of the molecule is CN(C)C(=O)CCNc1ncccn1. The number of nitrogens with one attached hydrogen (secondary N) is 1. The molecule has 0 radical (unpaired) electrons. The maximum atomic E-state index is 11.2. The molecule has 1 aromatic heterocycles. The van der Waals surface area contributed by atoms with Crippen molar-refractivity contribution in [3.05, 3.63) is 18.5 Å². The molecule has 0 aromatic carbocycles. The minimum atomic E-state index is 0.0911. The molecule has 0 spiro atoms. The highest BCUT2D eigenvalue weighted by Gasteiger charge is 2.02. The largest absolute Gasteiger partial charge is 0.354 e. The first-order valence-electron chi connectivity index (χ1n) is 4.41. The van der Waals surface area contributed by atoms with Crippen molar-refractivity contribution in [2.24, 2.45) is 0 Å². The Bertz CT molecular complexity index is 286. The Labute approximate surface area is 83.2 Å². The van der Waals surface area contributed by atoms with E-state index in [1.807, 2.05) is 0 Å². The molecule has 0 saturated carbocycles. The van der Waals surface area contributed by atoms with E-state index in [-0.39, 0.29) is 5.91 Å². The normalized spacial score (nSPS) is 9.57. The summed E-state index contributed by atoms with van der Waals surface area (Å²) < 4.78 is 0. The first kappa shape index (κ1) is 10.4. The topological polar surface area (TPSA) is 58.1 Å². The van der Waals surface area contributed by atoms with E-state index in [1.54, 1.807) is 37.5 Å². The number of hydrogen-bond donors (Lipinski definition) is 1. The summed E-state index contributed by atoms with van der Waals surface area (Å²) in [7, 11) is 3.47. The van der Waals surface area contributed by atoms with Gasteiger partial charge in [0, 0.05) is 39.5 Å². The molecule has 1 amide bonds. The molecule has 76 valence electrons. The van der Waals surface area contributed by atoms with Crippen LogP contribution in [-0.2, 0) is 4.79 Å². The second-order valence-corrected chi connectivity index (χ2v) is 3.04. The smallest absolute Gasteiger partial charge is 0.223 e. The lowest BCUT2D eigenvalue weighted by Gasteiger charge is -2.10. The summed E-state index contributed by atoms with van der Waals surface area (Å²) in [5.41, 5.74) is 0. The van der Waals surface area contributed by atoms with Gasteiger partial charge in [-0.05, 0) is 6.07 Å². The van der Waals surface area contributed by atoms with Crippen molar-refractivity contribution < 1.29 is 4.79 Å². The van der Waals surface area contributed by atoms with Crippen LogP contribution in [0, 0.1) is 0 Å². The van der Waals surface area contributed by atoms with Gasteiger partial charge in [-0.1, -0.05) is 0 Å². The van der Waals surface area contributed by atoms with Crippen LogP contribution in [0.4, 0.5) is 5.95 Å². The predicted octanol–water partition coefficient (Wildman–Crippen LogP) is 0.367. The fourth-order valence-corrected chi connectivity index (χ4v) is 0.895. The monoisotopic (exact) mass is 194 g/mol. The van der Waals surface area contributed by atoms with Crippen LogP contribution < -0.4 is 5.32 Å². The first-order chi connectivity index (χ1) is 6.70. The van der Waals surface area contributed by atoms with E-state index in [0.29, 0.717) is 18.9 Å². The second kappa shape index (κ2) is 5.16. The van der Waals surface area contributed by atoms with Gasteiger partial charge in [-0.25, -0.2) is 9.97 Å². The van der Waals surface area contributed by atoms with Gasteiger partial charge in [0.2, 0.25) is 11.9 Å². The number of anilines is 1. The minimum absolute atomic E-state index is 0.0911. The molecule has 5 nitrogen and oxygen atoms in total. The fourth-order valence-electron chi connectivity index (χ4n) is 0.895. The average molecular weight is 194 g/mol.